The van der Waals surface area contributed by atoms with Crippen LogP contribution in [0.5, 0.6) is 0 Å². The molecule has 0 aliphatic carbocycles. The van der Waals surface area contributed by atoms with Crippen molar-refractivity contribution in [2.24, 2.45) is 0 Å². The van der Waals surface area contributed by atoms with Gasteiger partial charge in [0.25, 0.3) is 5.69 Å². The number of benzene rings is 2. The lowest BCUT2D eigenvalue weighted by molar-refractivity contribution is -0.385. The van der Waals surface area contributed by atoms with Crippen LogP contribution in [0.1, 0.15) is 5.56 Å². The maximum absolute atomic E-state index is 13.4. The molecular weight excluding hydrogens is 339 g/mol. The number of halogens is 2. The Balaban J connectivity index is 2.06. The Morgan fingerprint density at radius 2 is 2.00 bits per heavy atom. The number of hydrogen-bond acceptors (Lipinski definition) is 2. The lowest BCUT2D eigenvalue weighted by Crippen LogP contribution is -2.02. The van der Waals surface area contributed by atoms with Crippen LogP contribution in [0.4, 0.5) is 10.1 Å². The Bertz CT molecular complexity index is 845. The standard InChI is InChI=1S/C15H10BrFN2O2/c16-12-1-3-14-10(7-12)5-6-18(14)9-11-8-13(17)2-4-15(11)19(20)21/h1-8H,9H2. The molecule has 1 heterocycles. The molecule has 6 heteroatoms. The summed E-state index contributed by atoms with van der Waals surface area (Å²) in [6.45, 7) is 0.249. The molecule has 2 aromatic carbocycles. The van der Waals surface area contributed by atoms with Gasteiger partial charge in [-0.15, -0.1) is 0 Å². The lowest BCUT2D eigenvalue weighted by Gasteiger charge is -2.07. The van der Waals surface area contributed by atoms with Gasteiger partial charge in [-0.05, 0) is 36.4 Å². The van der Waals surface area contributed by atoms with Crippen molar-refractivity contribution in [2.75, 3.05) is 0 Å². The van der Waals surface area contributed by atoms with E-state index in [1.807, 2.05) is 35.0 Å². The molecule has 1 aromatic heterocycles. The summed E-state index contributed by atoms with van der Waals surface area (Å²) in [7, 11) is 0. The summed E-state index contributed by atoms with van der Waals surface area (Å²) in [6.07, 6.45) is 1.84. The van der Waals surface area contributed by atoms with Gasteiger partial charge < -0.3 is 4.57 Å². The fraction of sp³-hybridized carbons (Fsp3) is 0.0667. The van der Waals surface area contributed by atoms with E-state index >= 15 is 0 Å². The molecule has 0 fully saturated rings. The van der Waals surface area contributed by atoms with Crippen LogP contribution in [0.25, 0.3) is 10.9 Å². The maximum atomic E-state index is 13.4. The highest BCUT2D eigenvalue weighted by atomic mass is 79.9. The molecule has 0 aliphatic rings. The van der Waals surface area contributed by atoms with Crippen LogP contribution in [0.2, 0.25) is 0 Å². The molecule has 0 aliphatic heterocycles. The fourth-order valence-corrected chi connectivity index (χ4v) is 2.73. The van der Waals surface area contributed by atoms with E-state index < -0.39 is 10.7 Å². The molecule has 0 radical (unpaired) electrons. The van der Waals surface area contributed by atoms with Crippen LogP contribution in [-0.2, 0) is 6.54 Å². The highest BCUT2D eigenvalue weighted by Gasteiger charge is 2.15. The summed E-state index contributed by atoms with van der Waals surface area (Å²) in [5.74, 6) is -0.477. The molecule has 0 atom stereocenters. The van der Waals surface area contributed by atoms with Gasteiger partial charge in [0.15, 0.2) is 0 Å². The number of nitro groups is 1. The number of aromatic nitrogens is 1. The Morgan fingerprint density at radius 3 is 2.76 bits per heavy atom. The molecular formula is C15H10BrFN2O2. The third-order valence-electron chi connectivity index (χ3n) is 3.31. The third-order valence-corrected chi connectivity index (χ3v) is 3.81. The summed E-state index contributed by atoms with van der Waals surface area (Å²) >= 11 is 3.40. The van der Waals surface area contributed by atoms with Gasteiger partial charge in [0.1, 0.15) is 5.82 Å². The van der Waals surface area contributed by atoms with Gasteiger partial charge in [0.05, 0.1) is 17.0 Å². The molecule has 0 N–H and O–H groups in total. The van der Waals surface area contributed by atoms with Gasteiger partial charge >= 0.3 is 0 Å². The van der Waals surface area contributed by atoms with Crippen molar-refractivity contribution in [1.82, 2.24) is 4.57 Å². The van der Waals surface area contributed by atoms with E-state index in [4.69, 9.17) is 0 Å². The molecule has 4 nitrogen and oxygen atoms in total. The van der Waals surface area contributed by atoms with Crippen molar-refractivity contribution in [3.63, 3.8) is 0 Å². The number of hydrogen-bond donors (Lipinski definition) is 0. The van der Waals surface area contributed by atoms with E-state index in [9.17, 15) is 14.5 Å². The van der Waals surface area contributed by atoms with Crippen molar-refractivity contribution in [3.8, 4) is 0 Å². The number of nitrogens with zero attached hydrogens (tertiary/aromatic N) is 2. The van der Waals surface area contributed by atoms with E-state index in [2.05, 4.69) is 15.9 Å². The van der Waals surface area contributed by atoms with Crippen molar-refractivity contribution < 1.29 is 9.31 Å². The second kappa shape index (κ2) is 5.29. The SMILES string of the molecule is O=[N+]([O-])c1ccc(F)cc1Cn1ccc2cc(Br)ccc21. The number of fused-ring (bicyclic) bond motifs is 1. The first-order valence-corrected chi connectivity index (χ1v) is 7.01. The number of nitro benzene ring substituents is 1. The quantitative estimate of drug-likeness (QED) is 0.516. The van der Waals surface area contributed by atoms with Crippen LogP contribution in [0.15, 0.2) is 53.1 Å². The summed E-state index contributed by atoms with van der Waals surface area (Å²) < 4.78 is 16.2. The van der Waals surface area contributed by atoms with Crippen LogP contribution in [0, 0.1) is 15.9 Å². The largest absolute Gasteiger partial charge is 0.343 e. The minimum Gasteiger partial charge on any atom is -0.343 e. The third kappa shape index (κ3) is 2.67. The van der Waals surface area contributed by atoms with Crippen LogP contribution in [-0.4, -0.2) is 9.49 Å². The molecule has 106 valence electrons. The first kappa shape index (κ1) is 13.8. The van der Waals surface area contributed by atoms with Gasteiger partial charge in [-0.3, -0.25) is 10.1 Å². The van der Waals surface area contributed by atoms with Crippen molar-refractivity contribution in [3.05, 3.63) is 74.6 Å². The summed E-state index contributed by atoms with van der Waals surface area (Å²) in [4.78, 5) is 10.5. The van der Waals surface area contributed by atoms with E-state index in [1.54, 1.807) is 0 Å². The minimum atomic E-state index is -0.489. The molecule has 3 aromatic rings. The highest BCUT2D eigenvalue weighted by molar-refractivity contribution is 9.10. The monoisotopic (exact) mass is 348 g/mol. The Hall–Kier alpha value is -2.21. The summed E-state index contributed by atoms with van der Waals surface area (Å²) in [5.41, 5.74) is 1.22. The average Bonchev–Trinajstić information content (AvgIpc) is 2.81. The first-order valence-electron chi connectivity index (χ1n) is 6.22. The molecule has 3 rings (SSSR count). The predicted molar refractivity (Wildman–Crippen MR) is 81.8 cm³/mol. The molecule has 0 saturated carbocycles. The summed E-state index contributed by atoms with van der Waals surface area (Å²) in [5, 5.41) is 12.1. The van der Waals surface area contributed by atoms with E-state index in [0.29, 0.717) is 5.56 Å². The summed E-state index contributed by atoms with van der Waals surface area (Å²) in [6, 6.07) is 11.2. The Kier molecular flexibility index (Phi) is 3.47. The molecule has 21 heavy (non-hydrogen) atoms. The van der Waals surface area contributed by atoms with Crippen molar-refractivity contribution in [2.45, 2.75) is 6.54 Å². The Morgan fingerprint density at radius 1 is 1.19 bits per heavy atom. The highest BCUT2D eigenvalue weighted by Crippen LogP contribution is 2.25. The molecule has 0 amide bonds. The average molecular weight is 349 g/mol. The van der Waals surface area contributed by atoms with Crippen LogP contribution >= 0.6 is 15.9 Å². The molecule has 0 bridgehead atoms. The van der Waals surface area contributed by atoms with Gasteiger partial charge in [-0.25, -0.2) is 4.39 Å². The minimum absolute atomic E-state index is 0.0737. The first-order chi connectivity index (χ1) is 10.0. The second-order valence-electron chi connectivity index (χ2n) is 4.68. The zero-order chi connectivity index (χ0) is 15.0. The predicted octanol–water partition coefficient (Wildman–Crippen LogP) is 4.50. The molecule has 0 spiro atoms. The van der Waals surface area contributed by atoms with Crippen molar-refractivity contribution >= 4 is 32.5 Å². The van der Waals surface area contributed by atoms with Crippen molar-refractivity contribution in [1.29, 1.82) is 0 Å². The van der Waals surface area contributed by atoms with Gasteiger partial charge in [-0.2, -0.15) is 0 Å². The normalized spacial score (nSPS) is 11.0. The van der Waals surface area contributed by atoms with E-state index in [-0.39, 0.29) is 12.2 Å². The number of rotatable bonds is 3. The van der Waals surface area contributed by atoms with Crippen LogP contribution in [0.3, 0.4) is 0 Å². The van der Waals surface area contributed by atoms with Gasteiger partial charge in [0.2, 0.25) is 0 Å². The van der Waals surface area contributed by atoms with E-state index in [0.717, 1.165) is 21.4 Å². The molecule has 0 saturated heterocycles. The van der Waals surface area contributed by atoms with Gasteiger partial charge in [0, 0.05) is 27.6 Å². The fourth-order valence-electron chi connectivity index (χ4n) is 2.35. The lowest BCUT2D eigenvalue weighted by atomic mass is 10.1. The Labute approximate surface area is 128 Å². The smallest absolute Gasteiger partial charge is 0.274 e. The van der Waals surface area contributed by atoms with Gasteiger partial charge in [-0.1, -0.05) is 15.9 Å². The molecule has 0 unspecified atom stereocenters. The van der Waals surface area contributed by atoms with Crippen LogP contribution < -0.4 is 0 Å². The topological polar surface area (TPSA) is 48.1 Å². The maximum Gasteiger partial charge on any atom is 0.274 e. The zero-order valence-electron chi connectivity index (χ0n) is 10.8. The van der Waals surface area contributed by atoms with E-state index in [1.165, 1.54) is 12.1 Å². The second-order valence-corrected chi connectivity index (χ2v) is 5.59. The zero-order valence-corrected chi connectivity index (χ0v) is 12.4.